The second-order valence-electron chi connectivity index (χ2n) is 8.45. The van der Waals surface area contributed by atoms with Crippen molar-refractivity contribution in [3.05, 3.63) is 39.8 Å². The maximum atomic E-state index is 13.2. The van der Waals surface area contributed by atoms with Crippen LogP contribution in [0.5, 0.6) is 5.75 Å². The number of nitrogens with zero attached hydrogens (tertiary/aromatic N) is 2. The molecule has 2 aromatic rings. The molecule has 2 atom stereocenters. The van der Waals surface area contributed by atoms with Crippen LogP contribution in [0.3, 0.4) is 0 Å². The van der Waals surface area contributed by atoms with Crippen LogP contribution in [0.2, 0.25) is 0 Å². The second kappa shape index (κ2) is 7.55. The van der Waals surface area contributed by atoms with Crippen molar-refractivity contribution in [2.75, 3.05) is 26.0 Å². The van der Waals surface area contributed by atoms with E-state index in [1.165, 1.54) is 5.38 Å². The molecule has 2 aliphatic rings. The summed E-state index contributed by atoms with van der Waals surface area (Å²) in [7, 11) is -3.81. The number of sulfone groups is 1. The Kier molecular flexibility index (Phi) is 5.49. The minimum atomic E-state index is -4.71. The van der Waals surface area contributed by atoms with Crippen molar-refractivity contribution in [2.24, 2.45) is 5.73 Å². The molecule has 2 unspecified atom stereocenters. The van der Waals surface area contributed by atoms with E-state index in [4.69, 9.17) is 10.5 Å². The maximum Gasteiger partial charge on any atom is 0.443 e. The number of rotatable bonds is 5. The van der Waals surface area contributed by atoms with Crippen molar-refractivity contribution < 1.29 is 44.3 Å². The molecule has 2 fully saturated rings. The molecule has 1 aromatic carbocycles. The van der Waals surface area contributed by atoms with Crippen LogP contribution in [-0.4, -0.2) is 61.9 Å². The van der Waals surface area contributed by atoms with Gasteiger partial charge < -0.3 is 15.4 Å². The fraction of sp³-hybridized carbons (Fsp3) is 0.474. The molecule has 15 heteroatoms. The molecule has 1 aliphatic heterocycles. The first-order valence-corrected chi connectivity index (χ1v) is 12.4. The lowest BCUT2D eigenvalue weighted by Gasteiger charge is -2.22. The average Bonchev–Trinajstić information content (AvgIpc) is 3.04. The van der Waals surface area contributed by atoms with Crippen LogP contribution in [-0.2, 0) is 21.4 Å². The molecule has 7 nitrogen and oxygen atoms in total. The van der Waals surface area contributed by atoms with Gasteiger partial charge in [0.2, 0.25) is 0 Å². The van der Waals surface area contributed by atoms with Gasteiger partial charge in [-0.15, -0.1) is 11.3 Å². The summed E-state index contributed by atoms with van der Waals surface area (Å²) >= 11 is 0.401. The molecule has 4 rings (SSSR count). The lowest BCUT2D eigenvalue weighted by atomic mass is 10.0. The number of piperidine rings is 1. The van der Waals surface area contributed by atoms with E-state index >= 15 is 0 Å². The van der Waals surface area contributed by atoms with Crippen molar-refractivity contribution in [3.63, 3.8) is 0 Å². The van der Waals surface area contributed by atoms with Crippen LogP contribution in [0, 0.1) is 0 Å². The number of benzene rings is 1. The Balaban J connectivity index is 1.65. The van der Waals surface area contributed by atoms with Gasteiger partial charge in [0.25, 0.3) is 5.91 Å². The van der Waals surface area contributed by atoms with Gasteiger partial charge in [0.15, 0.2) is 21.5 Å². The Hall–Kier alpha value is -2.39. The van der Waals surface area contributed by atoms with Crippen molar-refractivity contribution in [1.29, 1.82) is 0 Å². The fourth-order valence-corrected chi connectivity index (χ4v) is 5.63. The SMILES string of the molecule is CS(=O)(=O)c1ccc(OCC(F)(F)F)c(C(=O)N2CC3(N)CC3(c3csc(C(F)(F)F)n3)C2)c1. The van der Waals surface area contributed by atoms with E-state index in [2.05, 4.69) is 4.98 Å². The van der Waals surface area contributed by atoms with Gasteiger partial charge in [-0.1, -0.05) is 0 Å². The third kappa shape index (κ3) is 4.35. The monoisotopic (exact) mass is 529 g/mol. The molecule has 1 saturated carbocycles. The minimum Gasteiger partial charge on any atom is -0.483 e. The van der Waals surface area contributed by atoms with Crippen molar-refractivity contribution in [3.8, 4) is 5.75 Å². The van der Waals surface area contributed by atoms with Crippen molar-refractivity contribution in [2.45, 2.75) is 34.6 Å². The first-order valence-electron chi connectivity index (χ1n) is 9.60. The number of thiazole rings is 1. The number of likely N-dealkylation sites (tertiary alicyclic amines) is 1. The Morgan fingerprint density at radius 1 is 1.24 bits per heavy atom. The number of carbonyl (C=O) groups excluding carboxylic acids is 1. The quantitative estimate of drug-likeness (QED) is 0.598. The van der Waals surface area contributed by atoms with E-state index in [1.54, 1.807) is 0 Å². The summed E-state index contributed by atoms with van der Waals surface area (Å²) in [6.45, 7) is -1.95. The van der Waals surface area contributed by atoms with E-state index in [9.17, 15) is 39.6 Å². The highest BCUT2D eigenvalue weighted by Crippen LogP contribution is 2.61. The Morgan fingerprint density at radius 2 is 1.91 bits per heavy atom. The maximum absolute atomic E-state index is 13.2. The molecule has 1 aliphatic carbocycles. The molecule has 2 heterocycles. The van der Waals surface area contributed by atoms with Gasteiger partial charge in [0.1, 0.15) is 5.75 Å². The predicted molar refractivity (Wildman–Crippen MR) is 107 cm³/mol. The zero-order valence-electron chi connectivity index (χ0n) is 17.3. The number of ether oxygens (including phenoxy) is 1. The summed E-state index contributed by atoms with van der Waals surface area (Å²) < 4.78 is 106. The number of nitrogens with two attached hydrogens (primary N) is 1. The zero-order chi connectivity index (χ0) is 25.3. The number of hydrogen-bond acceptors (Lipinski definition) is 7. The summed E-state index contributed by atoms with van der Waals surface area (Å²) in [6.07, 6.45) is -8.22. The third-order valence-electron chi connectivity index (χ3n) is 5.90. The van der Waals surface area contributed by atoms with Gasteiger partial charge in [-0.3, -0.25) is 4.79 Å². The zero-order valence-corrected chi connectivity index (χ0v) is 19.0. The smallest absolute Gasteiger partial charge is 0.443 e. The Labute approximate surface area is 193 Å². The Bertz CT molecular complexity index is 1260. The normalized spacial score (nSPS) is 24.8. The third-order valence-corrected chi connectivity index (χ3v) is 7.90. The number of hydrogen-bond donors (Lipinski definition) is 1. The largest absolute Gasteiger partial charge is 0.483 e. The number of alkyl halides is 6. The topological polar surface area (TPSA) is 103 Å². The number of carbonyl (C=O) groups is 1. The number of amides is 1. The molecule has 0 radical (unpaired) electrons. The fourth-order valence-electron chi connectivity index (χ4n) is 4.19. The van der Waals surface area contributed by atoms with E-state index in [-0.39, 0.29) is 30.1 Å². The highest BCUT2D eigenvalue weighted by atomic mass is 32.2. The van der Waals surface area contributed by atoms with Crippen LogP contribution in [0.15, 0.2) is 28.5 Å². The van der Waals surface area contributed by atoms with Crippen LogP contribution in [0.1, 0.15) is 27.5 Å². The number of fused-ring (bicyclic) bond motifs is 1. The van der Waals surface area contributed by atoms with Crippen molar-refractivity contribution in [1.82, 2.24) is 9.88 Å². The van der Waals surface area contributed by atoms with Gasteiger partial charge >= 0.3 is 12.4 Å². The molecular weight excluding hydrogens is 512 g/mol. The van der Waals surface area contributed by atoms with E-state index < -0.39 is 62.0 Å². The molecule has 1 amide bonds. The highest BCUT2D eigenvalue weighted by molar-refractivity contribution is 7.90. The first kappa shape index (κ1) is 24.7. The summed E-state index contributed by atoms with van der Waals surface area (Å²) in [5.74, 6) is -1.34. The average molecular weight is 529 g/mol. The standard InChI is InChI=1S/C19H17F6N3O4S2/c1-34(30,31)10-2-3-12(32-9-18(20,21)22)11(4-10)14(29)28-7-16(6-17(16,26)8-28)13-5-33-15(27-13)19(23,24)25/h2-5H,6-9,26H2,1H3. The lowest BCUT2D eigenvalue weighted by Crippen LogP contribution is -2.37. The second-order valence-corrected chi connectivity index (χ2v) is 11.3. The van der Waals surface area contributed by atoms with Gasteiger partial charge in [-0.25, -0.2) is 13.4 Å². The molecule has 1 saturated heterocycles. The van der Waals surface area contributed by atoms with E-state index in [0.717, 1.165) is 29.4 Å². The van der Waals surface area contributed by atoms with Gasteiger partial charge in [-0.05, 0) is 24.6 Å². The summed E-state index contributed by atoms with van der Waals surface area (Å²) in [6, 6.07) is 2.88. The van der Waals surface area contributed by atoms with Crippen LogP contribution in [0.4, 0.5) is 26.3 Å². The minimum absolute atomic E-state index is 0.0843. The highest BCUT2D eigenvalue weighted by Gasteiger charge is 2.73. The van der Waals surface area contributed by atoms with Gasteiger partial charge in [-0.2, -0.15) is 26.3 Å². The molecule has 0 bridgehead atoms. The molecule has 34 heavy (non-hydrogen) atoms. The number of aromatic nitrogens is 1. The molecule has 2 N–H and O–H groups in total. The van der Waals surface area contributed by atoms with Crippen LogP contribution >= 0.6 is 11.3 Å². The molecule has 0 spiro atoms. The van der Waals surface area contributed by atoms with E-state index in [1.807, 2.05) is 0 Å². The van der Waals surface area contributed by atoms with Crippen LogP contribution < -0.4 is 10.5 Å². The van der Waals surface area contributed by atoms with E-state index in [0.29, 0.717) is 11.3 Å². The lowest BCUT2D eigenvalue weighted by molar-refractivity contribution is -0.153. The summed E-state index contributed by atoms with van der Waals surface area (Å²) in [4.78, 5) is 17.7. The molecule has 186 valence electrons. The van der Waals surface area contributed by atoms with Gasteiger partial charge in [0.05, 0.1) is 21.6 Å². The Morgan fingerprint density at radius 3 is 2.47 bits per heavy atom. The van der Waals surface area contributed by atoms with Gasteiger partial charge in [0, 0.05) is 30.3 Å². The molecular formula is C19H17F6N3O4S2. The summed E-state index contributed by atoms with van der Waals surface area (Å²) in [5.41, 5.74) is 3.86. The first-order chi connectivity index (χ1) is 15.5. The number of halogens is 6. The van der Waals surface area contributed by atoms with Crippen molar-refractivity contribution >= 4 is 27.1 Å². The predicted octanol–water partition coefficient (Wildman–Crippen LogP) is 3.00. The molecule has 1 aromatic heterocycles. The van der Waals surface area contributed by atoms with Crippen LogP contribution in [0.25, 0.3) is 0 Å². The summed E-state index contributed by atoms with van der Waals surface area (Å²) in [5, 5.41) is 0.174.